The topological polar surface area (TPSA) is 103 Å². The molecule has 2 saturated heterocycles. The lowest BCUT2D eigenvalue weighted by atomic mass is 9.75. The third-order valence-corrected chi connectivity index (χ3v) is 6.61. The minimum Gasteiger partial charge on any atom is -0.381 e. The Balaban J connectivity index is 1.48. The molecule has 2 aromatic heterocycles. The summed E-state index contributed by atoms with van der Waals surface area (Å²) >= 11 is 0.806. The van der Waals surface area contributed by atoms with Crippen molar-refractivity contribution in [1.82, 2.24) is 15.0 Å². The van der Waals surface area contributed by atoms with Crippen LogP contribution in [-0.2, 0) is 10.9 Å². The van der Waals surface area contributed by atoms with E-state index in [4.69, 9.17) is 16.2 Å². The molecular weight excluding hydrogens is 405 g/mol. The number of pyridine rings is 1. The van der Waals surface area contributed by atoms with E-state index >= 15 is 0 Å². The molecule has 0 radical (unpaired) electrons. The number of piperidine rings is 1. The average Bonchev–Trinajstić information content (AvgIpc) is 3.03. The van der Waals surface area contributed by atoms with Crippen molar-refractivity contribution >= 4 is 23.4 Å². The molecule has 4 heterocycles. The van der Waals surface area contributed by atoms with E-state index in [9.17, 15) is 13.2 Å². The van der Waals surface area contributed by atoms with E-state index in [2.05, 4.69) is 19.9 Å². The van der Waals surface area contributed by atoms with Gasteiger partial charge in [-0.25, -0.2) is 9.97 Å². The first-order valence-electron chi connectivity index (χ1n) is 9.19. The van der Waals surface area contributed by atoms with E-state index in [-0.39, 0.29) is 27.2 Å². The number of hydrogen-bond donors (Lipinski definition) is 2. The fraction of sp³-hybridized carbons (Fsp3) is 0.500. The maximum atomic E-state index is 13.1. The smallest absolute Gasteiger partial charge is 0.381 e. The summed E-state index contributed by atoms with van der Waals surface area (Å²) in [5.41, 5.74) is 11.3. The van der Waals surface area contributed by atoms with Gasteiger partial charge in [-0.1, -0.05) is 11.8 Å². The quantitative estimate of drug-likeness (QED) is 0.772. The molecule has 2 fully saturated rings. The highest BCUT2D eigenvalue weighted by atomic mass is 32.2. The molecule has 29 heavy (non-hydrogen) atoms. The van der Waals surface area contributed by atoms with Gasteiger partial charge >= 0.3 is 6.18 Å². The van der Waals surface area contributed by atoms with Crippen LogP contribution >= 0.6 is 11.8 Å². The molecule has 2 aliphatic rings. The van der Waals surface area contributed by atoms with E-state index in [1.54, 1.807) is 6.20 Å². The third kappa shape index (κ3) is 3.99. The molecule has 1 spiro atoms. The molecule has 0 aromatic carbocycles. The van der Waals surface area contributed by atoms with Crippen LogP contribution in [0.5, 0.6) is 0 Å². The Bertz CT molecular complexity index is 888. The lowest BCUT2D eigenvalue weighted by molar-refractivity contribution is -0.143. The number of rotatable bonds is 3. The summed E-state index contributed by atoms with van der Waals surface area (Å²) in [7, 11) is 0. The summed E-state index contributed by atoms with van der Waals surface area (Å²) < 4.78 is 45.0. The van der Waals surface area contributed by atoms with Gasteiger partial charge in [0.1, 0.15) is 10.8 Å². The van der Waals surface area contributed by atoms with E-state index in [0.717, 1.165) is 43.9 Å². The van der Waals surface area contributed by atoms with E-state index < -0.39 is 11.9 Å². The van der Waals surface area contributed by atoms with Crippen LogP contribution in [0.15, 0.2) is 34.4 Å². The van der Waals surface area contributed by atoms with Gasteiger partial charge in [0.2, 0.25) is 0 Å². The lowest BCUT2D eigenvalue weighted by Crippen LogP contribution is -2.49. The van der Waals surface area contributed by atoms with Gasteiger partial charge in [-0.2, -0.15) is 13.2 Å². The van der Waals surface area contributed by atoms with Crippen molar-refractivity contribution < 1.29 is 17.9 Å². The molecule has 156 valence electrons. The van der Waals surface area contributed by atoms with Crippen molar-refractivity contribution in [2.45, 2.75) is 35.0 Å². The van der Waals surface area contributed by atoms with Gasteiger partial charge in [0.15, 0.2) is 11.5 Å². The Labute approximate surface area is 170 Å². The van der Waals surface area contributed by atoms with Gasteiger partial charge < -0.3 is 21.1 Å². The van der Waals surface area contributed by atoms with Crippen molar-refractivity contribution in [3.05, 3.63) is 30.2 Å². The highest BCUT2D eigenvalue weighted by Crippen LogP contribution is 2.41. The van der Waals surface area contributed by atoms with Crippen molar-refractivity contribution in [2.75, 3.05) is 36.9 Å². The zero-order chi connectivity index (χ0) is 20.6. The molecule has 0 unspecified atom stereocenters. The Morgan fingerprint density at radius 2 is 2.00 bits per heavy atom. The zero-order valence-electron chi connectivity index (χ0n) is 15.5. The van der Waals surface area contributed by atoms with Crippen LogP contribution in [-0.4, -0.2) is 47.3 Å². The van der Waals surface area contributed by atoms with E-state index in [0.29, 0.717) is 19.0 Å². The van der Waals surface area contributed by atoms with Crippen LogP contribution in [0.4, 0.5) is 24.8 Å². The van der Waals surface area contributed by atoms with E-state index in [1.807, 2.05) is 0 Å². The van der Waals surface area contributed by atoms with E-state index in [1.165, 1.54) is 12.1 Å². The molecular formula is C18H21F3N6OS. The molecule has 4 rings (SSSR count). The molecule has 2 aromatic rings. The van der Waals surface area contributed by atoms with Crippen LogP contribution in [0.2, 0.25) is 0 Å². The minimum absolute atomic E-state index is 0.0135. The molecule has 11 heteroatoms. The lowest BCUT2D eigenvalue weighted by Gasteiger charge is -2.41. The van der Waals surface area contributed by atoms with Crippen LogP contribution in [0.1, 0.15) is 18.5 Å². The number of alkyl halides is 3. The second kappa shape index (κ2) is 7.62. The highest BCUT2D eigenvalue weighted by Gasteiger charge is 2.44. The summed E-state index contributed by atoms with van der Waals surface area (Å²) in [6.45, 7) is 2.77. The van der Waals surface area contributed by atoms with Crippen molar-refractivity contribution in [3.63, 3.8) is 0 Å². The minimum atomic E-state index is -4.56. The van der Waals surface area contributed by atoms with Crippen LogP contribution in [0.3, 0.4) is 0 Å². The second-order valence-electron chi connectivity index (χ2n) is 7.34. The summed E-state index contributed by atoms with van der Waals surface area (Å²) in [4.78, 5) is 14.1. The largest absolute Gasteiger partial charge is 0.434 e. The Hall–Kier alpha value is -2.11. The Morgan fingerprint density at radius 1 is 1.24 bits per heavy atom. The van der Waals surface area contributed by atoms with Gasteiger partial charge in [-0.15, -0.1) is 0 Å². The van der Waals surface area contributed by atoms with Gasteiger partial charge in [0.05, 0.1) is 19.4 Å². The highest BCUT2D eigenvalue weighted by molar-refractivity contribution is 7.99. The standard InChI is InChI=1S/C18H21F3N6OS/c19-18(20,21)14-11(2-1-5-24-14)29-16-15(23)26-13(8-25-16)27-6-3-17(4-7-27)10-28-9-12(17)22/h1-2,5,8,12H,3-4,6-7,9-10,22H2,(H2,23,26)/t12-/m0/s1. The van der Waals surface area contributed by atoms with Gasteiger partial charge in [-0.05, 0) is 25.0 Å². The first kappa shape index (κ1) is 20.2. The fourth-order valence-corrected chi connectivity index (χ4v) is 4.65. The number of hydrogen-bond acceptors (Lipinski definition) is 8. The molecule has 0 bridgehead atoms. The molecule has 0 saturated carbocycles. The number of ether oxygens (including phenoxy) is 1. The molecule has 1 atom stereocenters. The number of nitrogens with two attached hydrogens (primary N) is 2. The van der Waals surface area contributed by atoms with Crippen LogP contribution in [0, 0.1) is 5.41 Å². The molecule has 0 amide bonds. The average molecular weight is 426 g/mol. The molecule has 4 N–H and O–H groups in total. The second-order valence-corrected chi connectivity index (χ2v) is 8.37. The number of aromatic nitrogens is 3. The van der Waals surface area contributed by atoms with Crippen LogP contribution < -0.4 is 16.4 Å². The molecule has 0 aliphatic carbocycles. The van der Waals surface area contributed by atoms with Gasteiger partial charge in [0, 0.05) is 35.6 Å². The molecule has 7 nitrogen and oxygen atoms in total. The SMILES string of the molecule is Nc1nc(N2CCC3(CC2)COC[C@@H]3N)cnc1Sc1cccnc1C(F)(F)F. The Morgan fingerprint density at radius 3 is 2.62 bits per heavy atom. The number of nitrogens with zero attached hydrogens (tertiary/aromatic N) is 4. The summed E-state index contributed by atoms with van der Waals surface area (Å²) in [6.07, 6.45) is -0.130. The first-order valence-corrected chi connectivity index (χ1v) is 10.0. The number of nitrogen functional groups attached to an aromatic ring is 1. The Kier molecular flexibility index (Phi) is 5.30. The van der Waals surface area contributed by atoms with Gasteiger partial charge in [-0.3, -0.25) is 4.98 Å². The predicted octanol–water partition coefficient (Wildman–Crippen LogP) is 2.57. The third-order valence-electron chi connectivity index (χ3n) is 5.55. The first-order chi connectivity index (χ1) is 13.8. The predicted molar refractivity (Wildman–Crippen MR) is 102 cm³/mol. The maximum absolute atomic E-state index is 13.1. The van der Waals surface area contributed by atoms with Crippen molar-refractivity contribution in [1.29, 1.82) is 0 Å². The number of halogens is 3. The zero-order valence-corrected chi connectivity index (χ0v) is 16.3. The summed E-state index contributed by atoms with van der Waals surface area (Å²) in [5.74, 6) is 0.696. The van der Waals surface area contributed by atoms with Crippen molar-refractivity contribution in [2.24, 2.45) is 11.1 Å². The van der Waals surface area contributed by atoms with Crippen molar-refractivity contribution in [3.8, 4) is 0 Å². The fourth-order valence-electron chi connectivity index (χ4n) is 3.77. The van der Waals surface area contributed by atoms with Gasteiger partial charge in [0.25, 0.3) is 0 Å². The summed E-state index contributed by atoms with van der Waals surface area (Å²) in [5, 5.41) is 0.215. The molecule has 2 aliphatic heterocycles. The number of anilines is 2. The normalized spacial score (nSPS) is 21.7. The maximum Gasteiger partial charge on any atom is 0.434 e. The van der Waals surface area contributed by atoms with Crippen LogP contribution in [0.25, 0.3) is 0 Å². The summed E-state index contributed by atoms with van der Waals surface area (Å²) in [6, 6.07) is 2.82. The monoisotopic (exact) mass is 426 g/mol.